The fourth-order valence-corrected chi connectivity index (χ4v) is 2.90. The van der Waals surface area contributed by atoms with Gasteiger partial charge in [-0.05, 0) is 30.3 Å². The summed E-state index contributed by atoms with van der Waals surface area (Å²) in [4.78, 5) is 25.7. The first-order valence-corrected chi connectivity index (χ1v) is 8.12. The van der Waals surface area contributed by atoms with E-state index in [2.05, 4.69) is 5.32 Å². The Balaban J connectivity index is 1.71. The molecule has 1 heterocycles. The van der Waals surface area contributed by atoms with Crippen LogP contribution in [0.15, 0.2) is 36.4 Å². The van der Waals surface area contributed by atoms with Crippen LogP contribution >= 0.6 is 23.2 Å². The summed E-state index contributed by atoms with van der Waals surface area (Å²) in [6.07, 6.45) is -0.0217. The lowest BCUT2D eigenvalue weighted by atomic mass is 10.1. The summed E-state index contributed by atoms with van der Waals surface area (Å²) < 4.78 is 26.4. The number of benzene rings is 2. The van der Waals surface area contributed by atoms with Crippen LogP contribution in [0.2, 0.25) is 10.0 Å². The molecule has 0 aliphatic carbocycles. The number of amides is 2. The Kier molecular flexibility index (Phi) is 4.92. The van der Waals surface area contributed by atoms with Crippen molar-refractivity contribution in [1.82, 2.24) is 0 Å². The van der Waals surface area contributed by atoms with Gasteiger partial charge in [0.25, 0.3) is 0 Å². The van der Waals surface area contributed by atoms with Gasteiger partial charge >= 0.3 is 0 Å². The molecular formula is C17H12Cl2F2N2O2. The molecule has 25 heavy (non-hydrogen) atoms. The molecule has 1 fully saturated rings. The van der Waals surface area contributed by atoms with Crippen LogP contribution in [0.3, 0.4) is 0 Å². The van der Waals surface area contributed by atoms with Crippen LogP contribution < -0.4 is 10.2 Å². The van der Waals surface area contributed by atoms with Crippen molar-refractivity contribution in [3.8, 4) is 0 Å². The van der Waals surface area contributed by atoms with E-state index in [1.54, 1.807) is 12.1 Å². The zero-order chi connectivity index (χ0) is 18.1. The summed E-state index contributed by atoms with van der Waals surface area (Å²) in [5.41, 5.74) is 0.673. The lowest BCUT2D eigenvalue weighted by molar-refractivity contribution is -0.122. The van der Waals surface area contributed by atoms with Crippen LogP contribution in [-0.4, -0.2) is 18.4 Å². The molecule has 8 heteroatoms. The first kappa shape index (κ1) is 17.6. The Morgan fingerprint density at radius 3 is 2.52 bits per heavy atom. The molecule has 0 radical (unpaired) electrons. The maximum Gasteiger partial charge on any atom is 0.229 e. The van der Waals surface area contributed by atoms with E-state index in [0.717, 1.165) is 12.1 Å². The van der Waals surface area contributed by atoms with Crippen molar-refractivity contribution in [3.63, 3.8) is 0 Å². The maximum absolute atomic E-state index is 13.4. The minimum atomic E-state index is -1.05. The summed E-state index contributed by atoms with van der Waals surface area (Å²) in [6.45, 7) is 0.0804. The Bertz CT molecular complexity index is 861. The molecule has 2 amide bonds. The van der Waals surface area contributed by atoms with E-state index in [0.29, 0.717) is 15.7 Å². The van der Waals surface area contributed by atoms with E-state index < -0.39 is 17.6 Å². The van der Waals surface area contributed by atoms with Gasteiger partial charge in [0.15, 0.2) is 11.6 Å². The third-order valence-electron chi connectivity index (χ3n) is 3.90. The summed E-state index contributed by atoms with van der Waals surface area (Å²) in [7, 11) is 0. The van der Waals surface area contributed by atoms with Crippen LogP contribution in [-0.2, 0) is 9.59 Å². The van der Waals surface area contributed by atoms with Gasteiger partial charge in [-0.2, -0.15) is 0 Å². The van der Waals surface area contributed by atoms with Crippen molar-refractivity contribution in [2.45, 2.75) is 6.42 Å². The zero-order valence-corrected chi connectivity index (χ0v) is 14.2. The lowest BCUT2D eigenvalue weighted by Crippen LogP contribution is -2.28. The molecule has 1 atom stereocenters. The normalized spacial score (nSPS) is 17.0. The second-order valence-electron chi connectivity index (χ2n) is 5.62. The van der Waals surface area contributed by atoms with Gasteiger partial charge in [-0.15, -0.1) is 0 Å². The molecule has 1 aliphatic rings. The van der Waals surface area contributed by atoms with Gasteiger partial charge in [-0.1, -0.05) is 23.2 Å². The quantitative estimate of drug-likeness (QED) is 0.858. The van der Waals surface area contributed by atoms with Gasteiger partial charge in [0.1, 0.15) is 0 Å². The van der Waals surface area contributed by atoms with E-state index in [9.17, 15) is 18.4 Å². The minimum absolute atomic E-state index is 0.0217. The molecule has 130 valence electrons. The number of anilines is 2. The highest BCUT2D eigenvalue weighted by molar-refractivity contribution is 6.42. The van der Waals surface area contributed by atoms with Crippen molar-refractivity contribution < 1.29 is 18.4 Å². The number of nitrogens with one attached hydrogen (secondary N) is 1. The average Bonchev–Trinajstić information content (AvgIpc) is 2.95. The molecule has 1 aliphatic heterocycles. The zero-order valence-electron chi connectivity index (χ0n) is 12.7. The highest BCUT2D eigenvalue weighted by Crippen LogP contribution is 2.29. The number of nitrogens with zero attached hydrogens (tertiary/aromatic N) is 1. The predicted octanol–water partition coefficient (Wildman–Crippen LogP) is 4.26. The smallest absolute Gasteiger partial charge is 0.229 e. The Labute approximate surface area is 152 Å². The molecule has 1 N–H and O–H groups in total. The van der Waals surface area contributed by atoms with E-state index in [-0.39, 0.29) is 30.5 Å². The molecule has 1 unspecified atom stereocenters. The predicted molar refractivity (Wildman–Crippen MR) is 91.9 cm³/mol. The molecule has 0 aromatic heterocycles. The highest BCUT2D eigenvalue weighted by atomic mass is 35.5. The SMILES string of the molecule is O=C(Nc1ccc(Cl)c(Cl)c1)C1CC(=O)N(c2ccc(F)c(F)c2)C1. The lowest BCUT2D eigenvalue weighted by Gasteiger charge is -2.17. The number of halogens is 4. The molecule has 3 rings (SSSR count). The van der Waals surface area contributed by atoms with Crippen molar-refractivity contribution >= 4 is 46.4 Å². The molecule has 0 spiro atoms. The highest BCUT2D eigenvalue weighted by Gasteiger charge is 2.35. The average molecular weight is 385 g/mol. The van der Waals surface area contributed by atoms with Gasteiger partial charge in [-0.25, -0.2) is 8.78 Å². The first-order valence-electron chi connectivity index (χ1n) is 7.36. The monoisotopic (exact) mass is 384 g/mol. The fraction of sp³-hybridized carbons (Fsp3) is 0.176. The number of carbonyl (C=O) groups is 2. The molecule has 2 aromatic rings. The van der Waals surface area contributed by atoms with Crippen LogP contribution in [0.4, 0.5) is 20.2 Å². The third-order valence-corrected chi connectivity index (χ3v) is 4.64. The third kappa shape index (κ3) is 3.75. The summed E-state index contributed by atoms with van der Waals surface area (Å²) in [5.74, 6) is -3.36. The number of rotatable bonds is 3. The maximum atomic E-state index is 13.4. The van der Waals surface area contributed by atoms with Gasteiger partial charge in [-0.3, -0.25) is 9.59 Å². The number of hydrogen-bond acceptors (Lipinski definition) is 2. The molecule has 1 saturated heterocycles. The number of carbonyl (C=O) groups excluding carboxylic acids is 2. The largest absolute Gasteiger partial charge is 0.326 e. The van der Waals surface area contributed by atoms with Crippen LogP contribution in [0.1, 0.15) is 6.42 Å². The van der Waals surface area contributed by atoms with E-state index in [4.69, 9.17) is 23.2 Å². The summed E-state index contributed by atoms with van der Waals surface area (Å²) in [6, 6.07) is 7.83. The minimum Gasteiger partial charge on any atom is -0.326 e. The molecule has 2 aromatic carbocycles. The first-order chi connectivity index (χ1) is 11.8. The second kappa shape index (κ2) is 6.98. The van der Waals surface area contributed by atoms with Gasteiger partial charge < -0.3 is 10.2 Å². The number of hydrogen-bond donors (Lipinski definition) is 1. The van der Waals surface area contributed by atoms with Gasteiger partial charge in [0, 0.05) is 30.4 Å². The van der Waals surface area contributed by atoms with Crippen molar-refractivity contribution in [1.29, 1.82) is 0 Å². The van der Waals surface area contributed by atoms with E-state index in [1.807, 2.05) is 0 Å². The Hall–Kier alpha value is -2.18. The summed E-state index contributed by atoms with van der Waals surface area (Å²) >= 11 is 11.7. The standard InChI is InChI=1S/C17H12Cl2F2N2O2/c18-12-3-1-10(6-13(12)19)22-17(25)9-5-16(24)23(8-9)11-2-4-14(20)15(21)7-11/h1-4,6-7,9H,5,8H2,(H,22,25). The Morgan fingerprint density at radius 1 is 1.08 bits per heavy atom. The van der Waals surface area contributed by atoms with Crippen LogP contribution in [0.5, 0.6) is 0 Å². The molecule has 0 bridgehead atoms. The van der Waals surface area contributed by atoms with Crippen molar-refractivity contribution in [3.05, 3.63) is 58.1 Å². The summed E-state index contributed by atoms with van der Waals surface area (Å²) in [5, 5.41) is 3.33. The topological polar surface area (TPSA) is 49.4 Å². The second-order valence-corrected chi connectivity index (χ2v) is 6.44. The molecule has 0 saturated carbocycles. The van der Waals surface area contributed by atoms with E-state index >= 15 is 0 Å². The fourth-order valence-electron chi connectivity index (χ4n) is 2.60. The van der Waals surface area contributed by atoms with Crippen LogP contribution in [0, 0.1) is 17.6 Å². The van der Waals surface area contributed by atoms with Crippen molar-refractivity contribution in [2.24, 2.45) is 5.92 Å². The molecular weight excluding hydrogens is 373 g/mol. The van der Waals surface area contributed by atoms with Crippen molar-refractivity contribution in [2.75, 3.05) is 16.8 Å². The van der Waals surface area contributed by atoms with Gasteiger partial charge in [0.2, 0.25) is 11.8 Å². The van der Waals surface area contributed by atoms with E-state index in [1.165, 1.54) is 17.0 Å². The Morgan fingerprint density at radius 2 is 1.84 bits per heavy atom. The molecule has 4 nitrogen and oxygen atoms in total. The van der Waals surface area contributed by atoms with Crippen LogP contribution in [0.25, 0.3) is 0 Å². The van der Waals surface area contributed by atoms with Gasteiger partial charge in [0.05, 0.1) is 16.0 Å².